The van der Waals surface area contributed by atoms with E-state index in [2.05, 4.69) is 78.8 Å². The van der Waals surface area contributed by atoms with Crippen LogP contribution < -0.4 is 16.2 Å². The summed E-state index contributed by atoms with van der Waals surface area (Å²) in [4.78, 5) is 2.22. The molecule has 3 heteroatoms. The van der Waals surface area contributed by atoms with Crippen LogP contribution in [0.3, 0.4) is 0 Å². The van der Waals surface area contributed by atoms with Crippen LogP contribution in [-0.2, 0) is 0 Å². The van der Waals surface area contributed by atoms with E-state index in [1.165, 1.54) is 11.1 Å². The summed E-state index contributed by atoms with van der Waals surface area (Å²) < 4.78 is 0. The minimum Gasteiger partial charge on any atom is -0.324 e. The molecule has 0 saturated carbocycles. The lowest BCUT2D eigenvalue weighted by Crippen LogP contribution is -2.11. The molecule has 23 heavy (non-hydrogen) atoms. The molecule has 0 unspecified atom stereocenters. The van der Waals surface area contributed by atoms with E-state index in [4.69, 9.17) is 5.84 Å². The molecule has 0 aliphatic rings. The summed E-state index contributed by atoms with van der Waals surface area (Å²) in [6, 6.07) is 25.1. The SMILES string of the molecule is Cc1ccc(N(c2ccc(C)cc2)c2cccc(NN)c2)cc1. The standard InChI is InChI=1S/C20H21N3/c1-15-6-10-18(11-7-15)23(19-12-8-16(2)9-13-19)20-5-3-4-17(14-20)22-21/h3-14,22H,21H2,1-2H3. The average molecular weight is 303 g/mol. The van der Waals surface area contributed by atoms with Crippen LogP contribution in [0.5, 0.6) is 0 Å². The van der Waals surface area contributed by atoms with Crippen LogP contribution in [0.1, 0.15) is 11.1 Å². The third kappa shape index (κ3) is 3.35. The average Bonchev–Trinajstić information content (AvgIpc) is 2.59. The van der Waals surface area contributed by atoms with Crippen molar-refractivity contribution >= 4 is 22.7 Å². The Hall–Kier alpha value is -2.78. The fraction of sp³-hybridized carbons (Fsp3) is 0.100. The zero-order valence-corrected chi connectivity index (χ0v) is 13.5. The van der Waals surface area contributed by atoms with E-state index in [1.807, 2.05) is 18.2 Å². The predicted molar refractivity (Wildman–Crippen MR) is 98.4 cm³/mol. The van der Waals surface area contributed by atoms with Gasteiger partial charge in [-0.3, -0.25) is 5.84 Å². The molecule has 3 rings (SSSR count). The molecule has 0 saturated heterocycles. The number of anilines is 4. The van der Waals surface area contributed by atoms with Crippen LogP contribution >= 0.6 is 0 Å². The third-order valence-corrected chi connectivity index (χ3v) is 3.86. The van der Waals surface area contributed by atoms with Gasteiger partial charge in [-0.25, -0.2) is 0 Å². The molecule has 3 aromatic rings. The van der Waals surface area contributed by atoms with E-state index in [0.29, 0.717) is 0 Å². The zero-order valence-electron chi connectivity index (χ0n) is 13.5. The van der Waals surface area contributed by atoms with E-state index in [0.717, 1.165) is 22.7 Å². The van der Waals surface area contributed by atoms with E-state index in [9.17, 15) is 0 Å². The Morgan fingerprint density at radius 3 is 1.70 bits per heavy atom. The Morgan fingerprint density at radius 2 is 1.22 bits per heavy atom. The molecule has 0 heterocycles. The topological polar surface area (TPSA) is 41.3 Å². The predicted octanol–water partition coefficient (Wildman–Crippen LogP) is 5.06. The lowest BCUT2D eigenvalue weighted by molar-refractivity contribution is 1.26. The molecule has 0 fully saturated rings. The first kappa shape index (κ1) is 15.1. The van der Waals surface area contributed by atoms with Crippen molar-refractivity contribution in [1.29, 1.82) is 0 Å². The Kier molecular flexibility index (Phi) is 4.31. The van der Waals surface area contributed by atoms with Gasteiger partial charge < -0.3 is 10.3 Å². The second-order valence-electron chi connectivity index (χ2n) is 5.70. The second-order valence-corrected chi connectivity index (χ2v) is 5.70. The molecule has 3 aromatic carbocycles. The fourth-order valence-corrected chi connectivity index (χ4v) is 2.57. The van der Waals surface area contributed by atoms with Crippen LogP contribution in [0, 0.1) is 13.8 Å². The van der Waals surface area contributed by atoms with Gasteiger partial charge in [0, 0.05) is 17.1 Å². The molecular weight excluding hydrogens is 282 g/mol. The molecule has 0 amide bonds. The summed E-state index contributed by atoms with van der Waals surface area (Å²) in [7, 11) is 0. The molecular formula is C20H21N3. The van der Waals surface area contributed by atoms with Crippen molar-refractivity contribution in [3.8, 4) is 0 Å². The van der Waals surface area contributed by atoms with Crippen LogP contribution in [0.2, 0.25) is 0 Å². The van der Waals surface area contributed by atoms with Crippen LogP contribution in [-0.4, -0.2) is 0 Å². The fourth-order valence-electron chi connectivity index (χ4n) is 2.57. The molecule has 116 valence electrons. The summed E-state index contributed by atoms with van der Waals surface area (Å²) in [6.07, 6.45) is 0. The molecule has 3 nitrogen and oxygen atoms in total. The molecule has 3 N–H and O–H groups in total. The van der Waals surface area contributed by atoms with Gasteiger partial charge in [0.05, 0.1) is 5.69 Å². The number of benzene rings is 3. The van der Waals surface area contributed by atoms with Gasteiger partial charge in [-0.15, -0.1) is 0 Å². The van der Waals surface area contributed by atoms with E-state index in [1.54, 1.807) is 0 Å². The van der Waals surface area contributed by atoms with Crippen LogP contribution in [0.25, 0.3) is 0 Å². The quantitative estimate of drug-likeness (QED) is 0.523. The summed E-state index contributed by atoms with van der Waals surface area (Å²) in [5.41, 5.74) is 9.39. The highest BCUT2D eigenvalue weighted by Crippen LogP contribution is 2.35. The maximum atomic E-state index is 5.57. The van der Waals surface area contributed by atoms with Crippen molar-refractivity contribution in [3.63, 3.8) is 0 Å². The minimum absolute atomic E-state index is 0.881. The highest BCUT2D eigenvalue weighted by molar-refractivity contribution is 5.78. The Bertz CT molecular complexity index is 731. The largest absolute Gasteiger partial charge is 0.324 e. The maximum Gasteiger partial charge on any atom is 0.0505 e. The van der Waals surface area contributed by atoms with E-state index >= 15 is 0 Å². The smallest absolute Gasteiger partial charge is 0.0505 e. The lowest BCUT2D eigenvalue weighted by atomic mass is 10.1. The van der Waals surface area contributed by atoms with Crippen molar-refractivity contribution in [2.45, 2.75) is 13.8 Å². The molecule has 0 aromatic heterocycles. The summed E-state index contributed by atoms with van der Waals surface area (Å²) >= 11 is 0. The van der Waals surface area contributed by atoms with Gasteiger partial charge in [0.25, 0.3) is 0 Å². The Labute approximate surface area is 137 Å². The van der Waals surface area contributed by atoms with E-state index in [-0.39, 0.29) is 0 Å². The summed E-state index contributed by atoms with van der Waals surface area (Å²) in [5, 5.41) is 0. The second kappa shape index (κ2) is 6.55. The molecule has 0 bridgehead atoms. The number of hydrogen-bond acceptors (Lipinski definition) is 3. The first-order valence-corrected chi connectivity index (χ1v) is 7.67. The highest BCUT2D eigenvalue weighted by atomic mass is 15.2. The number of nitrogens with zero attached hydrogens (tertiary/aromatic N) is 1. The van der Waals surface area contributed by atoms with Crippen molar-refractivity contribution in [1.82, 2.24) is 0 Å². The first-order chi connectivity index (χ1) is 11.2. The van der Waals surface area contributed by atoms with Gasteiger partial charge in [-0.2, -0.15) is 0 Å². The number of rotatable bonds is 4. The molecule has 0 radical (unpaired) electrons. The van der Waals surface area contributed by atoms with Gasteiger partial charge in [0.2, 0.25) is 0 Å². The van der Waals surface area contributed by atoms with Crippen molar-refractivity contribution in [2.75, 3.05) is 10.3 Å². The van der Waals surface area contributed by atoms with Crippen molar-refractivity contribution < 1.29 is 0 Å². The highest BCUT2D eigenvalue weighted by Gasteiger charge is 2.12. The van der Waals surface area contributed by atoms with Crippen LogP contribution in [0.15, 0.2) is 72.8 Å². The lowest BCUT2D eigenvalue weighted by Gasteiger charge is -2.26. The van der Waals surface area contributed by atoms with Gasteiger partial charge in [0.1, 0.15) is 0 Å². The molecule has 0 aliphatic heterocycles. The Balaban J connectivity index is 2.12. The van der Waals surface area contributed by atoms with Gasteiger partial charge in [0.15, 0.2) is 0 Å². The number of nitrogens with one attached hydrogen (secondary N) is 1. The summed E-state index contributed by atoms with van der Waals surface area (Å²) in [6.45, 7) is 4.19. The zero-order chi connectivity index (χ0) is 16.2. The third-order valence-electron chi connectivity index (χ3n) is 3.86. The monoisotopic (exact) mass is 303 g/mol. The Morgan fingerprint density at radius 1 is 0.696 bits per heavy atom. The number of hydrazine groups is 1. The molecule has 0 atom stereocenters. The summed E-state index contributed by atoms with van der Waals surface area (Å²) in [5.74, 6) is 5.57. The minimum atomic E-state index is 0.881. The number of hydrogen-bond donors (Lipinski definition) is 2. The van der Waals surface area contributed by atoms with Crippen LogP contribution in [0.4, 0.5) is 22.7 Å². The van der Waals surface area contributed by atoms with Crippen molar-refractivity contribution in [2.24, 2.45) is 5.84 Å². The van der Waals surface area contributed by atoms with E-state index < -0.39 is 0 Å². The normalized spacial score (nSPS) is 10.4. The van der Waals surface area contributed by atoms with Crippen molar-refractivity contribution in [3.05, 3.63) is 83.9 Å². The van der Waals surface area contributed by atoms with Gasteiger partial charge in [-0.1, -0.05) is 41.5 Å². The number of nitrogens with two attached hydrogens (primary N) is 1. The first-order valence-electron chi connectivity index (χ1n) is 7.67. The molecule has 0 aliphatic carbocycles. The number of nitrogen functional groups attached to an aromatic ring is 1. The maximum absolute atomic E-state index is 5.57. The number of aryl methyl sites for hydroxylation is 2. The van der Waals surface area contributed by atoms with Gasteiger partial charge in [-0.05, 0) is 56.3 Å². The molecule has 0 spiro atoms. The van der Waals surface area contributed by atoms with Gasteiger partial charge >= 0.3 is 0 Å².